The maximum atomic E-state index is 11.7. The molecular weight excluding hydrogens is 252 g/mol. The van der Waals surface area contributed by atoms with Gasteiger partial charge in [-0.1, -0.05) is 24.3 Å². The molecule has 0 aromatic heterocycles. The Morgan fingerprint density at radius 3 is 2.90 bits per heavy atom. The molecule has 96 valence electrons. The third-order valence-electron chi connectivity index (χ3n) is 3.07. The van der Waals surface area contributed by atoms with Crippen molar-refractivity contribution in [1.82, 2.24) is 0 Å². The van der Waals surface area contributed by atoms with Crippen LogP contribution in [0, 0.1) is 11.3 Å². The van der Waals surface area contributed by atoms with Crippen LogP contribution in [-0.2, 0) is 4.74 Å². The van der Waals surface area contributed by atoms with Gasteiger partial charge in [-0.2, -0.15) is 5.26 Å². The molecule has 0 radical (unpaired) electrons. The van der Waals surface area contributed by atoms with Crippen molar-refractivity contribution in [3.8, 4) is 6.07 Å². The molecule has 20 heavy (non-hydrogen) atoms. The maximum Gasteiger partial charge on any atom is 0.344 e. The van der Waals surface area contributed by atoms with Crippen molar-refractivity contribution >= 4 is 17.4 Å². The van der Waals surface area contributed by atoms with E-state index in [9.17, 15) is 4.79 Å². The van der Waals surface area contributed by atoms with Crippen LogP contribution in [0.2, 0.25) is 0 Å². The lowest BCUT2D eigenvalue weighted by atomic mass is 10.1. The predicted octanol–water partition coefficient (Wildman–Crippen LogP) is 3.01. The van der Waals surface area contributed by atoms with Gasteiger partial charge >= 0.3 is 5.97 Å². The molecule has 4 nitrogen and oxygen atoms in total. The van der Waals surface area contributed by atoms with E-state index in [1.165, 1.54) is 0 Å². The molecule has 0 saturated carbocycles. The number of esters is 1. The fourth-order valence-corrected chi connectivity index (χ4v) is 2.07. The smallest absolute Gasteiger partial charge is 0.344 e. The number of rotatable bonds is 1. The predicted molar refractivity (Wildman–Crippen MR) is 74.7 cm³/mol. The summed E-state index contributed by atoms with van der Waals surface area (Å²) in [7, 11) is 0. The Morgan fingerprint density at radius 2 is 2.10 bits per heavy atom. The maximum absolute atomic E-state index is 11.7. The monoisotopic (exact) mass is 262 g/mol. The molecule has 0 N–H and O–H groups in total. The second-order valence-electron chi connectivity index (χ2n) is 4.36. The number of cyclic esters (lactones) is 1. The molecule has 0 bridgehead atoms. The van der Waals surface area contributed by atoms with Crippen LogP contribution in [0.25, 0.3) is 5.76 Å². The second kappa shape index (κ2) is 4.98. The van der Waals surface area contributed by atoms with Gasteiger partial charge < -0.3 is 4.74 Å². The molecule has 4 heteroatoms. The normalized spacial score (nSPS) is 18.8. The zero-order valence-electron chi connectivity index (χ0n) is 10.5. The summed E-state index contributed by atoms with van der Waals surface area (Å²) in [6.07, 6.45) is 7.29. The Morgan fingerprint density at radius 1 is 1.30 bits per heavy atom. The number of nitriles is 1. The fraction of sp³-hybridized carbons (Fsp3) is 0.0625. The van der Waals surface area contributed by atoms with Crippen LogP contribution in [-0.4, -0.2) is 11.7 Å². The Kier molecular flexibility index (Phi) is 3.02. The molecule has 0 atom stereocenters. The fourth-order valence-electron chi connectivity index (χ4n) is 2.07. The quantitative estimate of drug-likeness (QED) is 0.731. The zero-order chi connectivity index (χ0) is 13.9. The van der Waals surface area contributed by atoms with Crippen LogP contribution in [0.1, 0.15) is 22.3 Å². The van der Waals surface area contributed by atoms with Crippen molar-refractivity contribution in [2.75, 3.05) is 0 Å². The first kappa shape index (κ1) is 12.1. The third kappa shape index (κ3) is 2.17. The van der Waals surface area contributed by atoms with Crippen molar-refractivity contribution in [3.63, 3.8) is 0 Å². The molecule has 1 aromatic rings. The van der Waals surface area contributed by atoms with E-state index in [1.807, 2.05) is 12.1 Å². The Hall–Kier alpha value is -2.93. The highest BCUT2D eigenvalue weighted by Gasteiger charge is 2.25. The van der Waals surface area contributed by atoms with Crippen molar-refractivity contribution in [3.05, 3.63) is 65.4 Å². The highest BCUT2D eigenvalue weighted by Crippen LogP contribution is 2.29. The number of benzene rings is 1. The summed E-state index contributed by atoms with van der Waals surface area (Å²) in [5, 5.41) is 8.85. The average molecular weight is 262 g/mol. The second-order valence-corrected chi connectivity index (χ2v) is 4.36. The molecule has 3 rings (SSSR count). The number of fused-ring (bicyclic) bond motifs is 1. The number of allylic oxidation sites excluding steroid dienone is 4. The SMILES string of the molecule is N#CC1=CCC(/C=C2\OC(=O)c3ccccc32)=NC=C1. The van der Waals surface area contributed by atoms with Gasteiger partial charge in [-0.15, -0.1) is 0 Å². The van der Waals surface area contributed by atoms with Crippen molar-refractivity contribution in [2.45, 2.75) is 6.42 Å². The molecule has 0 saturated heterocycles. The van der Waals surface area contributed by atoms with Crippen molar-refractivity contribution < 1.29 is 9.53 Å². The number of hydrogen-bond acceptors (Lipinski definition) is 4. The summed E-state index contributed by atoms with van der Waals surface area (Å²) in [6.45, 7) is 0. The molecule has 0 aliphatic carbocycles. The lowest BCUT2D eigenvalue weighted by Crippen LogP contribution is -1.95. The molecule has 0 spiro atoms. The first-order valence-corrected chi connectivity index (χ1v) is 6.14. The molecule has 0 fully saturated rings. The Balaban J connectivity index is 1.94. The van der Waals surface area contributed by atoms with Crippen LogP contribution in [0.3, 0.4) is 0 Å². The highest BCUT2D eigenvalue weighted by molar-refractivity contribution is 6.09. The molecule has 2 aliphatic heterocycles. The van der Waals surface area contributed by atoms with Crippen molar-refractivity contribution in [1.29, 1.82) is 5.26 Å². The number of hydrogen-bond donors (Lipinski definition) is 0. The van der Waals surface area contributed by atoms with Gasteiger partial charge in [0.2, 0.25) is 0 Å². The molecule has 2 aliphatic rings. The van der Waals surface area contributed by atoms with E-state index in [0.717, 1.165) is 11.3 Å². The summed E-state index contributed by atoms with van der Waals surface area (Å²) < 4.78 is 5.26. The van der Waals surface area contributed by atoms with Gasteiger partial charge in [-0.3, -0.25) is 4.99 Å². The van der Waals surface area contributed by atoms with Crippen molar-refractivity contribution in [2.24, 2.45) is 4.99 Å². The van der Waals surface area contributed by atoms with Crippen LogP contribution in [0.5, 0.6) is 0 Å². The highest BCUT2D eigenvalue weighted by atomic mass is 16.5. The number of carbonyl (C=O) groups excluding carboxylic acids is 1. The summed E-state index contributed by atoms with van der Waals surface area (Å²) in [5.41, 5.74) is 2.66. The van der Waals surface area contributed by atoms with Gasteiger partial charge in [0, 0.05) is 35.5 Å². The van der Waals surface area contributed by atoms with E-state index in [4.69, 9.17) is 10.00 Å². The third-order valence-corrected chi connectivity index (χ3v) is 3.07. The van der Waals surface area contributed by atoms with Crippen LogP contribution < -0.4 is 0 Å². The lowest BCUT2D eigenvalue weighted by Gasteiger charge is -1.99. The lowest BCUT2D eigenvalue weighted by molar-refractivity contribution is 0.0716. The molecule has 0 amide bonds. The molecule has 1 aromatic carbocycles. The molecule has 0 unspecified atom stereocenters. The van der Waals surface area contributed by atoms with Gasteiger partial charge in [-0.05, 0) is 12.1 Å². The van der Waals surface area contributed by atoms with Gasteiger partial charge in [0.05, 0.1) is 11.6 Å². The summed E-state index contributed by atoms with van der Waals surface area (Å²) >= 11 is 0. The first-order valence-electron chi connectivity index (χ1n) is 6.14. The standard InChI is InChI=1S/C16H10N2O2/c17-10-11-5-6-12(18-8-7-11)9-15-13-3-1-2-4-14(13)16(19)20-15/h1-5,7-9H,6H2/b15-9-. The van der Waals surface area contributed by atoms with Gasteiger partial charge in [0.15, 0.2) is 0 Å². The molecular formula is C16H10N2O2. The van der Waals surface area contributed by atoms with E-state index >= 15 is 0 Å². The first-order chi connectivity index (χ1) is 9.78. The van der Waals surface area contributed by atoms with E-state index < -0.39 is 0 Å². The minimum absolute atomic E-state index is 0.343. The van der Waals surface area contributed by atoms with E-state index in [-0.39, 0.29) is 5.97 Å². The Bertz CT molecular complexity index is 746. The van der Waals surface area contributed by atoms with Crippen LogP contribution in [0.4, 0.5) is 0 Å². The number of aliphatic imine (C=N–C) groups is 1. The largest absolute Gasteiger partial charge is 0.422 e. The molecule has 2 heterocycles. The average Bonchev–Trinajstić information content (AvgIpc) is 2.65. The van der Waals surface area contributed by atoms with E-state index in [2.05, 4.69) is 11.1 Å². The van der Waals surface area contributed by atoms with E-state index in [1.54, 1.807) is 36.6 Å². The van der Waals surface area contributed by atoms with Crippen LogP contribution in [0.15, 0.2) is 59.3 Å². The van der Waals surface area contributed by atoms with Crippen LogP contribution >= 0.6 is 0 Å². The minimum atomic E-state index is -0.343. The topological polar surface area (TPSA) is 62.4 Å². The minimum Gasteiger partial charge on any atom is -0.422 e. The summed E-state index contributed by atoms with van der Waals surface area (Å²) in [4.78, 5) is 16.0. The number of carbonyl (C=O) groups is 1. The van der Waals surface area contributed by atoms with Gasteiger partial charge in [0.25, 0.3) is 0 Å². The number of ether oxygens (including phenoxy) is 1. The summed E-state index contributed by atoms with van der Waals surface area (Å²) in [6, 6.07) is 9.32. The van der Waals surface area contributed by atoms with Gasteiger partial charge in [0.1, 0.15) is 5.76 Å². The Labute approximate surface area is 116 Å². The van der Waals surface area contributed by atoms with Gasteiger partial charge in [-0.25, -0.2) is 4.79 Å². The zero-order valence-corrected chi connectivity index (χ0v) is 10.5. The summed E-state index contributed by atoms with van der Waals surface area (Å²) in [5.74, 6) is 0.163. The van der Waals surface area contributed by atoms with E-state index in [0.29, 0.717) is 23.3 Å². The number of nitrogens with zero attached hydrogens (tertiary/aromatic N) is 2.